The van der Waals surface area contributed by atoms with Gasteiger partial charge in [0, 0.05) is 36.7 Å². The lowest BCUT2D eigenvalue weighted by molar-refractivity contribution is -0.180. The van der Waals surface area contributed by atoms with E-state index in [-0.39, 0.29) is 0 Å². The van der Waals surface area contributed by atoms with E-state index in [0.717, 1.165) is 32.3 Å². The van der Waals surface area contributed by atoms with Crippen LogP contribution in [0.2, 0.25) is 0 Å². The van der Waals surface area contributed by atoms with Gasteiger partial charge in [-0.1, -0.05) is 0 Å². The highest BCUT2D eigenvalue weighted by molar-refractivity contribution is 9.10. The Morgan fingerprint density at radius 3 is 2.83 bits per heavy atom. The van der Waals surface area contributed by atoms with Crippen molar-refractivity contribution >= 4 is 31.6 Å². The van der Waals surface area contributed by atoms with Crippen molar-refractivity contribution in [1.29, 1.82) is 0 Å². The second kappa shape index (κ2) is 6.92. The van der Waals surface area contributed by atoms with E-state index >= 15 is 0 Å². The molecule has 3 aliphatic rings. The highest BCUT2D eigenvalue weighted by atomic mass is 79.9. The van der Waals surface area contributed by atoms with E-state index in [4.69, 9.17) is 9.47 Å². The third-order valence-corrected chi connectivity index (χ3v) is 4.83. The zero-order valence-electron chi connectivity index (χ0n) is 12.9. The maximum absolute atomic E-state index is 11.4. The topological polar surface area (TPSA) is 80.8 Å². The second-order valence-corrected chi connectivity index (χ2v) is 8.62. The molecule has 0 saturated carbocycles. The van der Waals surface area contributed by atoms with Crippen molar-refractivity contribution in [1.82, 2.24) is 9.88 Å². The molecule has 3 aliphatic heterocycles. The van der Waals surface area contributed by atoms with Gasteiger partial charge >= 0.3 is 0 Å². The Balaban J connectivity index is 1.49. The summed E-state index contributed by atoms with van der Waals surface area (Å²) in [6.07, 6.45) is 5.55. The molecule has 0 radical (unpaired) electrons. The molecule has 4 heterocycles. The highest BCUT2D eigenvalue weighted by Crippen LogP contribution is 2.28. The minimum absolute atomic E-state index is 0.295. The lowest BCUT2D eigenvalue weighted by atomic mass is 9.99. The number of hydrogen-bond donors (Lipinski definition) is 1. The summed E-state index contributed by atoms with van der Waals surface area (Å²) >= 11 is 3.28. The normalized spacial score (nSPS) is 24.1. The lowest BCUT2D eigenvalue weighted by Gasteiger charge is -2.47. The van der Waals surface area contributed by atoms with Crippen molar-refractivity contribution in [2.75, 3.05) is 37.2 Å². The van der Waals surface area contributed by atoms with Crippen molar-refractivity contribution in [2.24, 2.45) is 0 Å². The fraction of sp³-hybridized carbons (Fsp3) is 0.643. The molecule has 9 heteroatoms. The van der Waals surface area contributed by atoms with Gasteiger partial charge in [-0.3, -0.25) is 9.62 Å². The molecule has 23 heavy (non-hydrogen) atoms. The molecule has 2 unspecified atom stereocenters. The molecule has 0 aliphatic carbocycles. The summed E-state index contributed by atoms with van der Waals surface area (Å²) in [6, 6.07) is 1.64. The molecular weight excluding hydrogens is 386 g/mol. The Bertz CT molecular complexity index is 654. The summed E-state index contributed by atoms with van der Waals surface area (Å²) in [5.41, 5.74) is 0.342. The average molecular weight is 406 g/mol. The van der Waals surface area contributed by atoms with Crippen LogP contribution in [0.5, 0.6) is 5.88 Å². The van der Waals surface area contributed by atoms with Gasteiger partial charge in [-0.15, -0.1) is 0 Å². The summed E-state index contributed by atoms with van der Waals surface area (Å²) < 4.78 is 37.2. The monoisotopic (exact) mass is 405 g/mol. The molecule has 3 fully saturated rings. The van der Waals surface area contributed by atoms with Crippen LogP contribution in [0.4, 0.5) is 5.69 Å². The van der Waals surface area contributed by atoms with Gasteiger partial charge in [0.15, 0.2) is 0 Å². The number of fused-ring (bicyclic) bond motifs is 2. The predicted molar refractivity (Wildman–Crippen MR) is 90.2 cm³/mol. The fourth-order valence-corrected chi connectivity index (χ4v) is 3.77. The number of aromatic nitrogens is 1. The Kier molecular flexibility index (Phi) is 5.10. The first-order valence-electron chi connectivity index (χ1n) is 7.53. The second-order valence-electron chi connectivity index (χ2n) is 5.96. The van der Waals surface area contributed by atoms with Crippen LogP contribution in [0.15, 0.2) is 16.7 Å². The largest absolute Gasteiger partial charge is 0.476 e. The van der Waals surface area contributed by atoms with Gasteiger partial charge in [-0.2, -0.15) is 0 Å². The summed E-state index contributed by atoms with van der Waals surface area (Å²) in [5, 5.41) is 0. The Labute approximate surface area is 144 Å². The smallest absolute Gasteiger partial charge is 0.238 e. The highest BCUT2D eigenvalue weighted by Gasteiger charge is 2.37. The maximum atomic E-state index is 11.4. The number of halogens is 1. The van der Waals surface area contributed by atoms with E-state index in [1.54, 1.807) is 12.3 Å². The van der Waals surface area contributed by atoms with Crippen LogP contribution in [0.3, 0.4) is 0 Å². The van der Waals surface area contributed by atoms with Crippen LogP contribution >= 0.6 is 15.9 Å². The standard InChI is InChI=1S/C14H20BrN3O4S/c1-23(19,20)17-13-5-10(15)7-16-14(13)21-4-2-3-18-8-11-6-12(9-18)22-11/h5,7,11-12,17H,2-4,6,8-9H2,1H3. The molecule has 1 aromatic heterocycles. The molecule has 3 saturated heterocycles. The number of sulfonamides is 1. The Morgan fingerprint density at radius 2 is 2.17 bits per heavy atom. The van der Waals surface area contributed by atoms with E-state index in [0.29, 0.717) is 34.9 Å². The van der Waals surface area contributed by atoms with Gasteiger partial charge in [0.25, 0.3) is 0 Å². The number of anilines is 1. The van der Waals surface area contributed by atoms with Crippen molar-refractivity contribution < 1.29 is 17.9 Å². The first-order valence-corrected chi connectivity index (χ1v) is 10.2. The van der Waals surface area contributed by atoms with Gasteiger partial charge in [-0.25, -0.2) is 13.4 Å². The molecular formula is C14H20BrN3O4S. The number of nitrogens with one attached hydrogen (secondary N) is 1. The number of morpholine rings is 1. The fourth-order valence-electron chi connectivity index (χ4n) is 2.89. The van der Waals surface area contributed by atoms with Crippen molar-refractivity contribution in [3.63, 3.8) is 0 Å². The first-order chi connectivity index (χ1) is 10.9. The van der Waals surface area contributed by atoms with Gasteiger partial charge in [-0.05, 0) is 28.4 Å². The Hall–Kier alpha value is -0.900. The number of pyridine rings is 1. The van der Waals surface area contributed by atoms with Crippen LogP contribution in [-0.4, -0.2) is 63.0 Å². The molecule has 128 valence electrons. The first kappa shape index (κ1) is 16.9. The van der Waals surface area contributed by atoms with E-state index in [2.05, 4.69) is 30.5 Å². The number of nitrogens with zero attached hydrogens (tertiary/aromatic N) is 2. The summed E-state index contributed by atoms with van der Waals surface area (Å²) in [7, 11) is -3.38. The van der Waals surface area contributed by atoms with E-state index < -0.39 is 10.0 Å². The quantitative estimate of drug-likeness (QED) is 0.691. The zero-order valence-corrected chi connectivity index (χ0v) is 15.3. The zero-order chi connectivity index (χ0) is 16.4. The third-order valence-electron chi connectivity index (χ3n) is 3.80. The molecule has 1 N–H and O–H groups in total. The molecule has 0 aromatic carbocycles. The maximum Gasteiger partial charge on any atom is 0.238 e. The number of rotatable bonds is 7. The van der Waals surface area contributed by atoms with Crippen molar-refractivity contribution in [3.8, 4) is 5.88 Å². The van der Waals surface area contributed by atoms with E-state index in [1.165, 1.54) is 6.42 Å². The molecule has 2 atom stereocenters. The van der Waals surface area contributed by atoms with Crippen molar-refractivity contribution in [2.45, 2.75) is 25.0 Å². The number of hydrogen-bond acceptors (Lipinski definition) is 6. The van der Waals surface area contributed by atoms with Crippen LogP contribution in [0.25, 0.3) is 0 Å². The number of ether oxygens (including phenoxy) is 2. The van der Waals surface area contributed by atoms with Gasteiger partial charge < -0.3 is 9.47 Å². The molecule has 0 spiro atoms. The Morgan fingerprint density at radius 1 is 1.48 bits per heavy atom. The molecule has 4 rings (SSSR count). The van der Waals surface area contributed by atoms with Gasteiger partial charge in [0.05, 0.1) is 25.1 Å². The van der Waals surface area contributed by atoms with Crippen LogP contribution in [-0.2, 0) is 14.8 Å². The average Bonchev–Trinajstić information content (AvgIpc) is 2.43. The summed E-state index contributed by atoms with van der Waals surface area (Å²) in [5.74, 6) is 0.295. The van der Waals surface area contributed by atoms with Gasteiger partial charge in [0.2, 0.25) is 15.9 Å². The van der Waals surface area contributed by atoms with Crippen LogP contribution in [0, 0.1) is 0 Å². The molecule has 1 aromatic rings. The summed E-state index contributed by atoms with van der Waals surface area (Å²) in [6.45, 7) is 3.42. The summed E-state index contributed by atoms with van der Waals surface area (Å²) in [4.78, 5) is 6.52. The van der Waals surface area contributed by atoms with E-state index in [9.17, 15) is 8.42 Å². The van der Waals surface area contributed by atoms with Gasteiger partial charge in [0.1, 0.15) is 5.69 Å². The minimum atomic E-state index is -3.38. The van der Waals surface area contributed by atoms with Crippen LogP contribution in [0.1, 0.15) is 12.8 Å². The molecule has 7 nitrogen and oxygen atoms in total. The van der Waals surface area contributed by atoms with Crippen molar-refractivity contribution in [3.05, 3.63) is 16.7 Å². The minimum Gasteiger partial charge on any atom is -0.476 e. The SMILES string of the molecule is CS(=O)(=O)Nc1cc(Br)cnc1OCCCN1CC2CC(C1)O2. The third kappa shape index (κ3) is 4.79. The van der Waals surface area contributed by atoms with Crippen LogP contribution < -0.4 is 9.46 Å². The lowest BCUT2D eigenvalue weighted by Crippen LogP contribution is -2.57. The van der Waals surface area contributed by atoms with E-state index in [1.807, 2.05) is 0 Å². The number of piperidine rings is 1. The molecule has 2 bridgehead atoms. The predicted octanol–water partition coefficient (Wildman–Crippen LogP) is 1.46. The molecule has 0 amide bonds.